The summed E-state index contributed by atoms with van der Waals surface area (Å²) in [4.78, 5) is 11.4. The molecule has 64 valence electrons. The number of nitrogens with two attached hydrogens (primary N) is 1. The van der Waals surface area contributed by atoms with E-state index in [-0.39, 0.29) is 0 Å². The van der Waals surface area contributed by atoms with E-state index < -0.39 is 0 Å². The first kappa shape index (κ1) is 6.85. The van der Waals surface area contributed by atoms with E-state index in [4.69, 9.17) is 5.73 Å². The Bertz CT molecular complexity index is 580. The number of rotatable bonds is 0. The molecule has 3 aromatic rings. The number of hydrogen-bond donors (Lipinski definition) is 2. The smallest absolute Gasteiger partial charge is 0.198 e. The molecule has 5 heteroatoms. The van der Waals surface area contributed by atoms with Gasteiger partial charge in [0.25, 0.3) is 0 Å². The lowest BCUT2D eigenvalue weighted by molar-refractivity contribution is 1.35. The molecule has 3 rings (SSSR count). The van der Waals surface area contributed by atoms with Crippen molar-refractivity contribution in [2.45, 2.75) is 0 Å². The van der Waals surface area contributed by atoms with Crippen LogP contribution in [-0.2, 0) is 0 Å². The van der Waals surface area contributed by atoms with E-state index in [1.54, 1.807) is 11.3 Å². The van der Waals surface area contributed by atoms with Crippen LogP contribution in [0, 0.1) is 0 Å². The Labute approximate surface area is 77.4 Å². The highest BCUT2D eigenvalue weighted by Crippen LogP contribution is 2.25. The molecule has 0 fully saturated rings. The van der Waals surface area contributed by atoms with Crippen LogP contribution < -0.4 is 5.73 Å². The summed E-state index contributed by atoms with van der Waals surface area (Å²) in [5.41, 5.74) is 10.1. The van der Waals surface area contributed by atoms with E-state index in [2.05, 4.69) is 15.0 Å². The molecular formula is C8H6N4S. The van der Waals surface area contributed by atoms with E-state index in [0.717, 1.165) is 21.3 Å². The lowest BCUT2D eigenvalue weighted by Gasteiger charge is -1.87. The van der Waals surface area contributed by atoms with E-state index in [1.165, 1.54) is 0 Å². The lowest BCUT2D eigenvalue weighted by atomic mass is 10.3. The van der Waals surface area contributed by atoms with Crippen LogP contribution in [0.1, 0.15) is 0 Å². The fraction of sp³-hybridized carbons (Fsp3) is 0. The van der Waals surface area contributed by atoms with Crippen molar-refractivity contribution in [1.29, 1.82) is 0 Å². The van der Waals surface area contributed by atoms with Gasteiger partial charge in [-0.1, -0.05) is 0 Å². The number of aromatic amines is 1. The van der Waals surface area contributed by atoms with E-state index in [0.29, 0.717) is 5.95 Å². The first-order valence-corrected chi connectivity index (χ1v) is 4.70. The second-order valence-electron chi connectivity index (χ2n) is 2.78. The molecule has 0 aliphatic heterocycles. The molecule has 3 N–H and O–H groups in total. The average Bonchev–Trinajstić information content (AvgIpc) is 2.65. The van der Waals surface area contributed by atoms with E-state index in [1.807, 2.05) is 17.6 Å². The summed E-state index contributed by atoms with van der Waals surface area (Å²) in [6.07, 6.45) is 0. The van der Waals surface area contributed by atoms with Crippen molar-refractivity contribution in [2.24, 2.45) is 0 Å². The monoisotopic (exact) mass is 190 g/mol. The number of nitrogens with zero attached hydrogens (tertiary/aromatic N) is 2. The molecule has 0 atom stereocenters. The predicted octanol–water partition coefficient (Wildman–Crippen LogP) is 1.75. The Morgan fingerprint density at radius 3 is 3.15 bits per heavy atom. The second kappa shape index (κ2) is 2.20. The first-order chi connectivity index (χ1) is 6.34. The molecule has 0 aliphatic rings. The van der Waals surface area contributed by atoms with Gasteiger partial charge in [-0.15, -0.1) is 11.3 Å². The summed E-state index contributed by atoms with van der Waals surface area (Å²) in [6.45, 7) is 0. The third kappa shape index (κ3) is 0.844. The summed E-state index contributed by atoms with van der Waals surface area (Å²) in [7, 11) is 0. The van der Waals surface area contributed by atoms with Crippen LogP contribution >= 0.6 is 11.3 Å². The van der Waals surface area contributed by atoms with Crippen LogP contribution in [0.15, 0.2) is 17.6 Å². The van der Waals surface area contributed by atoms with Gasteiger partial charge < -0.3 is 10.7 Å². The average molecular weight is 190 g/mol. The summed E-state index contributed by atoms with van der Waals surface area (Å²) >= 11 is 1.61. The highest BCUT2D eigenvalue weighted by atomic mass is 32.1. The van der Waals surface area contributed by atoms with E-state index in [9.17, 15) is 0 Å². The Kier molecular flexibility index (Phi) is 1.16. The topological polar surface area (TPSA) is 67.6 Å². The number of H-pyrrole nitrogens is 1. The van der Waals surface area contributed by atoms with Gasteiger partial charge in [0.1, 0.15) is 11.0 Å². The van der Waals surface area contributed by atoms with Crippen LogP contribution in [0.25, 0.3) is 21.3 Å². The third-order valence-corrected chi connectivity index (χ3v) is 2.76. The maximum Gasteiger partial charge on any atom is 0.198 e. The number of nitrogens with one attached hydrogen (secondary N) is 1. The zero-order valence-corrected chi connectivity index (χ0v) is 7.43. The van der Waals surface area contributed by atoms with Crippen LogP contribution in [0.4, 0.5) is 5.95 Å². The number of thiazole rings is 1. The second-order valence-corrected chi connectivity index (χ2v) is 3.67. The van der Waals surface area contributed by atoms with Gasteiger partial charge in [-0.2, -0.15) is 0 Å². The quantitative estimate of drug-likeness (QED) is 0.567. The molecule has 0 radical (unpaired) electrons. The van der Waals surface area contributed by atoms with Crippen molar-refractivity contribution >= 4 is 38.5 Å². The molecule has 0 aliphatic carbocycles. The van der Waals surface area contributed by atoms with Crippen molar-refractivity contribution in [1.82, 2.24) is 15.0 Å². The highest BCUT2D eigenvalue weighted by molar-refractivity contribution is 7.16. The molecule has 0 saturated heterocycles. The molecule has 2 aromatic heterocycles. The van der Waals surface area contributed by atoms with Crippen molar-refractivity contribution < 1.29 is 0 Å². The minimum atomic E-state index is 0.440. The van der Waals surface area contributed by atoms with Gasteiger partial charge in [0.2, 0.25) is 0 Å². The van der Waals surface area contributed by atoms with Gasteiger partial charge in [0.15, 0.2) is 5.95 Å². The molecule has 1 aromatic carbocycles. The number of hydrogen-bond acceptors (Lipinski definition) is 4. The van der Waals surface area contributed by atoms with Gasteiger partial charge in [0.05, 0.1) is 15.7 Å². The van der Waals surface area contributed by atoms with Crippen molar-refractivity contribution in [3.05, 3.63) is 17.6 Å². The minimum Gasteiger partial charge on any atom is -0.369 e. The number of benzene rings is 1. The van der Waals surface area contributed by atoms with Crippen LogP contribution in [0.2, 0.25) is 0 Å². The normalized spacial score (nSPS) is 11.4. The maximum absolute atomic E-state index is 5.56. The fourth-order valence-corrected chi connectivity index (χ4v) is 2.10. The highest BCUT2D eigenvalue weighted by Gasteiger charge is 2.06. The van der Waals surface area contributed by atoms with Crippen molar-refractivity contribution in [2.75, 3.05) is 5.73 Å². The molecule has 0 bridgehead atoms. The van der Waals surface area contributed by atoms with Crippen molar-refractivity contribution in [3.63, 3.8) is 0 Å². The predicted molar refractivity (Wildman–Crippen MR) is 53.7 cm³/mol. The lowest BCUT2D eigenvalue weighted by Crippen LogP contribution is -1.84. The third-order valence-electron chi connectivity index (χ3n) is 1.97. The Morgan fingerprint density at radius 1 is 1.31 bits per heavy atom. The molecule has 4 nitrogen and oxygen atoms in total. The summed E-state index contributed by atoms with van der Waals surface area (Å²) in [6, 6.07) is 3.99. The Balaban J connectivity index is 2.64. The van der Waals surface area contributed by atoms with Gasteiger partial charge in [-0.25, -0.2) is 9.97 Å². The van der Waals surface area contributed by atoms with E-state index >= 15 is 0 Å². The van der Waals surface area contributed by atoms with Crippen molar-refractivity contribution in [3.8, 4) is 0 Å². The Hall–Kier alpha value is -1.62. The molecule has 2 heterocycles. The van der Waals surface area contributed by atoms with Gasteiger partial charge in [-0.05, 0) is 12.1 Å². The summed E-state index contributed by atoms with van der Waals surface area (Å²) < 4.78 is 1.14. The largest absolute Gasteiger partial charge is 0.369 e. The number of imidazole rings is 1. The molecule has 13 heavy (non-hydrogen) atoms. The Morgan fingerprint density at radius 2 is 2.23 bits per heavy atom. The zero-order chi connectivity index (χ0) is 8.84. The summed E-state index contributed by atoms with van der Waals surface area (Å²) in [5.74, 6) is 0.440. The number of anilines is 1. The fourth-order valence-electron chi connectivity index (χ4n) is 1.42. The van der Waals surface area contributed by atoms with Gasteiger partial charge in [0, 0.05) is 0 Å². The van der Waals surface area contributed by atoms with Crippen LogP contribution in [-0.4, -0.2) is 15.0 Å². The molecule has 0 unspecified atom stereocenters. The molecular weight excluding hydrogens is 184 g/mol. The van der Waals surface area contributed by atoms with Gasteiger partial charge >= 0.3 is 0 Å². The zero-order valence-electron chi connectivity index (χ0n) is 6.61. The van der Waals surface area contributed by atoms with Crippen LogP contribution in [0.3, 0.4) is 0 Å². The molecule has 0 saturated carbocycles. The number of nitrogen functional groups attached to an aromatic ring is 1. The maximum atomic E-state index is 5.56. The SMILES string of the molecule is Nc1nc2c(ccc3scnc32)[nH]1. The number of fused-ring (bicyclic) bond motifs is 3. The van der Waals surface area contributed by atoms with Gasteiger partial charge in [-0.3, -0.25) is 0 Å². The standard InChI is InChI=1S/C8H6N4S/c9-8-11-4-1-2-5-7(6(4)12-8)10-3-13-5/h1-3H,(H3,9,11,12). The molecule has 0 amide bonds. The molecule has 0 spiro atoms. The minimum absolute atomic E-state index is 0.440. The number of aromatic nitrogens is 3. The van der Waals surface area contributed by atoms with Crippen LogP contribution in [0.5, 0.6) is 0 Å². The first-order valence-electron chi connectivity index (χ1n) is 3.82. The summed E-state index contributed by atoms with van der Waals surface area (Å²) in [5, 5.41) is 0.